The molecule has 3 atom stereocenters. The van der Waals surface area contributed by atoms with E-state index in [0.717, 1.165) is 11.4 Å². The topological polar surface area (TPSA) is 123 Å². The minimum atomic E-state index is -0.795. The Balaban J connectivity index is 2.02. The molecule has 1 aromatic heterocycles. The number of aliphatic hydroxyl groups is 1. The Kier molecular flexibility index (Phi) is 13.2. The largest absolute Gasteiger partial charge is 0.459 e. The summed E-state index contributed by atoms with van der Waals surface area (Å²) in [4.78, 5) is 29.1. The molecular weight excluding hydrogens is 546 g/mol. The molecule has 1 amide bonds. The molecule has 42 heavy (non-hydrogen) atoms. The number of amides is 1. The van der Waals surface area contributed by atoms with Crippen molar-refractivity contribution in [2.24, 2.45) is 13.0 Å². The summed E-state index contributed by atoms with van der Waals surface area (Å²) in [5, 5.41) is 8.89. The molecule has 0 unspecified atom stereocenters. The maximum atomic E-state index is 14.1. The summed E-state index contributed by atoms with van der Waals surface area (Å²) < 4.78 is 37.3. The Hall–Kier alpha value is -3.00. The van der Waals surface area contributed by atoms with Gasteiger partial charge in [-0.05, 0) is 38.5 Å². The first-order chi connectivity index (χ1) is 20.3. The van der Waals surface area contributed by atoms with E-state index in [1.54, 1.807) is 17.8 Å². The third-order valence-electron chi connectivity index (χ3n) is 7.36. The van der Waals surface area contributed by atoms with E-state index in [-0.39, 0.29) is 42.9 Å². The molecular formula is C30H45N3O9. The predicted molar refractivity (Wildman–Crippen MR) is 155 cm³/mol. The third kappa shape index (κ3) is 8.09. The van der Waals surface area contributed by atoms with E-state index in [2.05, 4.69) is 0 Å². The minimum absolute atomic E-state index is 0.0474. The monoisotopic (exact) mass is 591 g/mol. The van der Waals surface area contributed by atoms with Gasteiger partial charge in [0.2, 0.25) is 6.29 Å². The average molecular weight is 592 g/mol. The maximum absolute atomic E-state index is 14.1. The number of benzene rings is 1. The number of ether oxygens (including phenoxy) is 6. The second-order valence-electron chi connectivity index (χ2n) is 9.96. The highest BCUT2D eigenvalue weighted by atomic mass is 16.7. The molecule has 2 heterocycles. The molecule has 0 fully saturated rings. The van der Waals surface area contributed by atoms with E-state index in [0.29, 0.717) is 38.4 Å². The first-order valence-electron chi connectivity index (χ1n) is 14.2. The van der Waals surface area contributed by atoms with E-state index in [9.17, 15) is 9.59 Å². The van der Waals surface area contributed by atoms with Crippen LogP contribution in [0.4, 0.5) is 0 Å². The molecule has 12 nitrogen and oxygen atoms in total. The Bertz CT molecular complexity index is 1210. The van der Waals surface area contributed by atoms with Crippen LogP contribution in [0, 0.1) is 12.8 Å². The highest BCUT2D eigenvalue weighted by molar-refractivity contribution is 5.91. The van der Waals surface area contributed by atoms with Gasteiger partial charge in [0.1, 0.15) is 0 Å². The fourth-order valence-electron chi connectivity index (χ4n) is 5.08. The van der Waals surface area contributed by atoms with Crippen LogP contribution in [0.25, 0.3) is 5.69 Å². The lowest BCUT2D eigenvalue weighted by Crippen LogP contribution is -2.42. The minimum Gasteiger partial charge on any atom is -0.459 e. The zero-order valence-corrected chi connectivity index (χ0v) is 25.5. The second kappa shape index (κ2) is 16.6. The van der Waals surface area contributed by atoms with Gasteiger partial charge in [-0.25, -0.2) is 4.68 Å². The van der Waals surface area contributed by atoms with Crippen LogP contribution >= 0.6 is 0 Å². The number of carbonyl (C=O) groups excluding carboxylic acids is 1. The van der Waals surface area contributed by atoms with Crippen LogP contribution in [0.2, 0.25) is 0 Å². The van der Waals surface area contributed by atoms with Crippen molar-refractivity contribution in [3.63, 3.8) is 0 Å². The van der Waals surface area contributed by atoms with Crippen LogP contribution in [-0.2, 0) is 40.3 Å². The van der Waals surface area contributed by atoms with Gasteiger partial charge >= 0.3 is 0 Å². The van der Waals surface area contributed by atoms with Crippen molar-refractivity contribution in [1.29, 1.82) is 0 Å². The van der Waals surface area contributed by atoms with E-state index < -0.39 is 18.5 Å². The summed E-state index contributed by atoms with van der Waals surface area (Å²) in [6, 6.07) is 9.42. The zero-order chi connectivity index (χ0) is 30.6. The van der Waals surface area contributed by atoms with Gasteiger partial charge in [-0.15, -0.1) is 0 Å². The molecule has 1 aromatic carbocycles. The number of rotatable bonds is 17. The molecule has 12 heteroatoms. The van der Waals surface area contributed by atoms with Crippen molar-refractivity contribution in [3.8, 4) is 5.69 Å². The van der Waals surface area contributed by atoms with Crippen LogP contribution in [-0.4, -0.2) is 105 Å². The summed E-state index contributed by atoms with van der Waals surface area (Å²) in [5.41, 5.74) is 1.89. The van der Waals surface area contributed by atoms with Gasteiger partial charge in [0.15, 0.2) is 12.0 Å². The Morgan fingerprint density at radius 3 is 2.38 bits per heavy atom. The molecule has 1 aliphatic heterocycles. The van der Waals surface area contributed by atoms with E-state index in [4.69, 9.17) is 33.5 Å². The molecule has 0 saturated carbocycles. The summed E-state index contributed by atoms with van der Waals surface area (Å²) in [6.07, 6.45) is 0.827. The van der Waals surface area contributed by atoms with Gasteiger partial charge in [0.05, 0.1) is 38.7 Å². The summed E-state index contributed by atoms with van der Waals surface area (Å²) in [5.74, 6) is -1.11. The molecule has 0 spiro atoms. The molecule has 3 rings (SSSR count). The quantitative estimate of drug-likeness (QED) is 0.217. The third-order valence-corrected chi connectivity index (χ3v) is 7.36. The molecule has 0 radical (unpaired) electrons. The fraction of sp³-hybridized carbons (Fsp3) is 0.600. The Morgan fingerprint density at radius 1 is 1.10 bits per heavy atom. The average Bonchev–Trinajstić information content (AvgIpc) is 3.22. The van der Waals surface area contributed by atoms with Crippen molar-refractivity contribution in [2.75, 3.05) is 67.5 Å². The number of aromatic nitrogens is 2. The highest BCUT2D eigenvalue weighted by Gasteiger charge is 2.41. The summed E-state index contributed by atoms with van der Waals surface area (Å²) >= 11 is 0. The van der Waals surface area contributed by atoms with E-state index in [1.165, 1.54) is 19.1 Å². The number of nitrogens with zero attached hydrogens (tertiary/aromatic N) is 3. The van der Waals surface area contributed by atoms with Crippen molar-refractivity contribution in [3.05, 3.63) is 63.8 Å². The number of hydrogen-bond acceptors (Lipinski definition) is 9. The van der Waals surface area contributed by atoms with Crippen LogP contribution in [0.3, 0.4) is 0 Å². The first kappa shape index (κ1) is 33.5. The van der Waals surface area contributed by atoms with Gasteiger partial charge in [0.25, 0.3) is 11.5 Å². The summed E-state index contributed by atoms with van der Waals surface area (Å²) in [6.45, 7) is 5.55. The van der Waals surface area contributed by atoms with Crippen LogP contribution < -0.4 is 5.56 Å². The number of likely N-dealkylation sites (N-methyl/N-ethyl adjacent to an activating group) is 1. The standard InChI is InChI=1S/C30H45N3O9/c1-7-41-30-23(13-15-39-17-18-40-16-14-34)24(19-25(42-30)28(35)31(3)20-26(37-5)38-6)27-21(2)32(4)33(29(27)36)22-11-9-8-10-12-22/h8-12,19,23-24,26,30,34H,7,13-18,20H2,1-6H3/t23-,24+,30-/m0/s1. The molecule has 0 saturated heterocycles. The molecule has 1 aliphatic rings. The van der Waals surface area contributed by atoms with Gasteiger partial charge in [-0.3, -0.25) is 14.3 Å². The molecule has 0 bridgehead atoms. The van der Waals surface area contributed by atoms with Crippen molar-refractivity contribution >= 4 is 5.91 Å². The molecule has 0 aliphatic carbocycles. The molecule has 2 aromatic rings. The first-order valence-corrected chi connectivity index (χ1v) is 14.2. The van der Waals surface area contributed by atoms with E-state index >= 15 is 0 Å². The lowest BCUT2D eigenvalue weighted by Gasteiger charge is -2.37. The van der Waals surface area contributed by atoms with Gasteiger partial charge in [0, 0.05) is 64.6 Å². The van der Waals surface area contributed by atoms with Crippen molar-refractivity contribution < 1.29 is 38.3 Å². The second-order valence-corrected chi connectivity index (χ2v) is 9.96. The number of methoxy groups -OCH3 is 2. The van der Waals surface area contributed by atoms with Crippen LogP contribution in [0.1, 0.15) is 30.5 Å². The zero-order valence-electron chi connectivity index (χ0n) is 25.5. The smallest absolute Gasteiger partial charge is 0.288 e. The highest BCUT2D eigenvalue weighted by Crippen LogP contribution is 2.39. The van der Waals surface area contributed by atoms with Gasteiger partial charge in [-0.1, -0.05) is 18.2 Å². The lowest BCUT2D eigenvalue weighted by molar-refractivity contribution is -0.174. The Labute approximate surface area is 247 Å². The van der Waals surface area contributed by atoms with Crippen LogP contribution in [0.15, 0.2) is 47.0 Å². The van der Waals surface area contributed by atoms with E-state index in [1.807, 2.05) is 55.9 Å². The fourth-order valence-corrected chi connectivity index (χ4v) is 5.08. The number of carbonyl (C=O) groups is 1. The lowest BCUT2D eigenvalue weighted by atomic mass is 9.81. The molecule has 1 N–H and O–H groups in total. The Morgan fingerprint density at radius 2 is 1.76 bits per heavy atom. The van der Waals surface area contributed by atoms with Gasteiger partial charge < -0.3 is 38.4 Å². The number of hydrogen-bond donors (Lipinski definition) is 1. The van der Waals surface area contributed by atoms with Crippen molar-refractivity contribution in [2.45, 2.75) is 38.8 Å². The van der Waals surface area contributed by atoms with Crippen molar-refractivity contribution in [1.82, 2.24) is 14.3 Å². The van der Waals surface area contributed by atoms with Crippen LogP contribution in [0.5, 0.6) is 0 Å². The van der Waals surface area contributed by atoms with Gasteiger partial charge in [-0.2, -0.15) is 0 Å². The SMILES string of the molecule is CCO[C@H]1OC(C(=O)N(C)CC(OC)OC)=C[C@@H](c2c(C)n(C)n(-c3ccccc3)c2=O)[C@@H]1CCOCCOCCO. The number of allylic oxidation sites excluding steroid dienone is 1. The maximum Gasteiger partial charge on any atom is 0.288 e. The summed E-state index contributed by atoms with van der Waals surface area (Å²) in [7, 11) is 6.49. The number of para-hydroxylation sites is 1. The molecule has 234 valence electrons. The predicted octanol–water partition coefficient (Wildman–Crippen LogP) is 1.95. The normalized spacial score (nSPS) is 18.7. The number of aliphatic hydroxyl groups excluding tert-OH is 1.